The smallest absolute Gasteiger partial charge is 0.278 e. The third kappa shape index (κ3) is 4.90. The van der Waals surface area contributed by atoms with Gasteiger partial charge in [0.05, 0.1) is 29.2 Å². The topological polar surface area (TPSA) is 62.6 Å². The highest BCUT2D eigenvalue weighted by atomic mass is 35.5. The molecule has 2 aliphatic rings. The van der Waals surface area contributed by atoms with E-state index >= 15 is 8.78 Å². The van der Waals surface area contributed by atoms with Crippen LogP contribution in [0.5, 0.6) is 11.5 Å². The Morgan fingerprint density at radius 3 is 2.55 bits per heavy atom. The van der Waals surface area contributed by atoms with E-state index in [1.165, 1.54) is 19.1 Å². The molecule has 4 aromatic carbocycles. The first-order valence-electron chi connectivity index (χ1n) is 14.2. The van der Waals surface area contributed by atoms with Gasteiger partial charge in [-0.15, -0.1) is 0 Å². The molecule has 0 amide bonds. The number of nitrogens with zero attached hydrogens (tertiary/aromatic N) is 2. The fourth-order valence-electron chi connectivity index (χ4n) is 5.77. The van der Waals surface area contributed by atoms with Gasteiger partial charge in [0.2, 0.25) is 0 Å². The number of para-hydroxylation sites is 1. The lowest BCUT2D eigenvalue weighted by atomic mass is 10.00. The number of benzene rings is 4. The largest absolute Gasteiger partial charge is 0.444 e. The van der Waals surface area contributed by atoms with Crippen molar-refractivity contribution in [1.82, 2.24) is 9.55 Å². The number of carbonyl (C=O) groups is 1. The summed E-state index contributed by atoms with van der Waals surface area (Å²) in [6.45, 7) is 4.19. The summed E-state index contributed by atoms with van der Waals surface area (Å²) in [5.41, 5.74) is 2.37. The van der Waals surface area contributed by atoms with Crippen molar-refractivity contribution < 1.29 is 32.2 Å². The Labute approximate surface area is 255 Å². The van der Waals surface area contributed by atoms with Crippen molar-refractivity contribution in [2.45, 2.75) is 45.1 Å². The number of halogens is 4. The van der Waals surface area contributed by atoms with Gasteiger partial charge in [-0.1, -0.05) is 23.7 Å². The number of fused-ring (bicyclic) bond motifs is 2. The Morgan fingerprint density at radius 1 is 1.00 bits per heavy atom. The molecule has 10 heteroatoms. The summed E-state index contributed by atoms with van der Waals surface area (Å²) in [6.07, 6.45) is 0.867. The second-order valence-electron chi connectivity index (χ2n) is 11.2. The molecule has 6 nitrogen and oxygen atoms in total. The number of aromatic nitrogens is 2. The minimum Gasteiger partial charge on any atom is -0.444 e. The maximum atomic E-state index is 15.8. The SMILES string of the molecule is CC(=O)c1ccc2nc(Cc3cc(F)c(-c4cccc5c4OC(C)(c4ccc(Cl)cc4F)O5)cc3F)n(C[C@@H]3CCO3)c2c1. The second-order valence-corrected chi connectivity index (χ2v) is 11.6. The minimum absolute atomic E-state index is 0.0141. The van der Waals surface area contributed by atoms with E-state index in [-0.39, 0.29) is 57.1 Å². The number of hydrogen-bond acceptors (Lipinski definition) is 5. The first-order chi connectivity index (χ1) is 21.1. The van der Waals surface area contributed by atoms with Gasteiger partial charge in [-0.25, -0.2) is 18.2 Å². The van der Waals surface area contributed by atoms with Crippen LogP contribution in [0.2, 0.25) is 5.02 Å². The van der Waals surface area contributed by atoms with Crippen LogP contribution in [-0.4, -0.2) is 28.0 Å². The molecule has 0 N–H and O–H groups in total. The predicted molar refractivity (Wildman–Crippen MR) is 159 cm³/mol. The molecule has 1 unspecified atom stereocenters. The van der Waals surface area contributed by atoms with E-state index in [1.807, 2.05) is 4.57 Å². The Hall–Kier alpha value is -4.34. The van der Waals surface area contributed by atoms with E-state index in [2.05, 4.69) is 0 Å². The van der Waals surface area contributed by atoms with Crippen LogP contribution in [0, 0.1) is 17.5 Å². The number of carbonyl (C=O) groups excluding carboxylic acids is 1. The number of hydrogen-bond donors (Lipinski definition) is 0. The van der Waals surface area contributed by atoms with Crippen molar-refractivity contribution in [1.29, 1.82) is 0 Å². The summed E-state index contributed by atoms with van der Waals surface area (Å²) in [7, 11) is 0. The van der Waals surface area contributed by atoms with E-state index < -0.39 is 23.2 Å². The third-order valence-electron chi connectivity index (χ3n) is 8.19. The summed E-state index contributed by atoms with van der Waals surface area (Å²) in [4.78, 5) is 16.7. The van der Waals surface area contributed by atoms with Gasteiger partial charge in [-0.3, -0.25) is 4.79 Å². The normalized spacial score (nSPS) is 18.9. The average molecular weight is 619 g/mol. The lowest BCUT2D eigenvalue weighted by Crippen LogP contribution is -2.32. The molecule has 0 aliphatic carbocycles. The molecule has 1 saturated heterocycles. The molecule has 7 rings (SSSR count). The third-order valence-corrected chi connectivity index (χ3v) is 8.42. The summed E-state index contributed by atoms with van der Waals surface area (Å²) in [5, 5.41) is 0.219. The molecular weight excluding hydrogens is 593 g/mol. The van der Waals surface area contributed by atoms with Gasteiger partial charge in [-0.05, 0) is 73.5 Å². The van der Waals surface area contributed by atoms with Gasteiger partial charge in [-0.2, -0.15) is 0 Å². The van der Waals surface area contributed by atoms with Gasteiger partial charge < -0.3 is 18.8 Å². The fraction of sp³-hybridized carbons (Fsp3) is 0.235. The first kappa shape index (κ1) is 28.4. The van der Waals surface area contributed by atoms with Gasteiger partial charge >= 0.3 is 0 Å². The summed E-state index contributed by atoms with van der Waals surface area (Å²) < 4.78 is 66.0. The molecule has 2 aliphatic heterocycles. The lowest BCUT2D eigenvalue weighted by molar-refractivity contribution is -0.0705. The summed E-state index contributed by atoms with van der Waals surface area (Å²) in [5.74, 6) is -2.60. The predicted octanol–water partition coefficient (Wildman–Crippen LogP) is 8.00. The molecule has 0 bridgehead atoms. The lowest BCUT2D eigenvalue weighted by Gasteiger charge is -2.27. The van der Waals surface area contributed by atoms with Crippen LogP contribution in [0.15, 0.2) is 66.7 Å². The quantitative estimate of drug-likeness (QED) is 0.173. The van der Waals surface area contributed by atoms with Crippen LogP contribution >= 0.6 is 11.6 Å². The first-order valence-corrected chi connectivity index (χ1v) is 14.5. The average Bonchev–Trinajstić information content (AvgIpc) is 3.48. The molecule has 3 heterocycles. The van der Waals surface area contributed by atoms with E-state index in [4.69, 9.17) is 30.8 Å². The second kappa shape index (κ2) is 10.7. The monoisotopic (exact) mass is 618 g/mol. The van der Waals surface area contributed by atoms with Crippen LogP contribution < -0.4 is 9.47 Å². The van der Waals surface area contributed by atoms with Gasteiger partial charge in [0.15, 0.2) is 17.3 Å². The Morgan fingerprint density at radius 2 is 1.82 bits per heavy atom. The molecule has 44 heavy (non-hydrogen) atoms. The van der Waals surface area contributed by atoms with Crippen LogP contribution in [0.1, 0.15) is 47.6 Å². The highest BCUT2D eigenvalue weighted by molar-refractivity contribution is 6.30. The molecule has 5 aromatic rings. The van der Waals surface area contributed by atoms with E-state index in [1.54, 1.807) is 43.3 Å². The Bertz CT molecular complexity index is 1970. The van der Waals surface area contributed by atoms with Crippen molar-refractivity contribution in [3.8, 4) is 22.6 Å². The van der Waals surface area contributed by atoms with E-state index in [0.717, 1.165) is 30.1 Å². The highest BCUT2D eigenvalue weighted by Crippen LogP contribution is 2.50. The Kier molecular flexibility index (Phi) is 6.90. The van der Waals surface area contributed by atoms with Gasteiger partial charge in [0.1, 0.15) is 23.3 Å². The number of rotatable bonds is 7. The van der Waals surface area contributed by atoms with Crippen molar-refractivity contribution >= 4 is 28.4 Å². The maximum Gasteiger partial charge on any atom is 0.278 e. The molecule has 0 radical (unpaired) electrons. The fourth-order valence-corrected chi connectivity index (χ4v) is 5.93. The molecular formula is C34H26ClF3N2O4. The number of Topliss-reactive ketones (excluding diaryl/α,β-unsaturated/α-hetero) is 1. The van der Waals surface area contributed by atoms with Crippen LogP contribution in [0.25, 0.3) is 22.2 Å². The van der Waals surface area contributed by atoms with Gasteiger partial charge in [0, 0.05) is 41.7 Å². The van der Waals surface area contributed by atoms with E-state index in [9.17, 15) is 9.18 Å². The zero-order chi connectivity index (χ0) is 30.7. The van der Waals surface area contributed by atoms with Gasteiger partial charge in [0.25, 0.3) is 5.79 Å². The summed E-state index contributed by atoms with van der Waals surface area (Å²) in [6, 6.07) is 16.5. The molecule has 2 atom stereocenters. The molecule has 1 aromatic heterocycles. The molecule has 0 spiro atoms. The Balaban J connectivity index is 1.23. The van der Waals surface area contributed by atoms with Crippen LogP contribution in [-0.2, 0) is 23.5 Å². The molecule has 224 valence electrons. The van der Waals surface area contributed by atoms with E-state index in [0.29, 0.717) is 30.1 Å². The highest BCUT2D eigenvalue weighted by Gasteiger charge is 2.42. The van der Waals surface area contributed by atoms with Crippen molar-refractivity contribution in [2.24, 2.45) is 0 Å². The van der Waals surface area contributed by atoms with Crippen molar-refractivity contribution in [2.75, 3.05) is 6.61 Å². The van der Waals surface area contributed by atoms with Crippen molar-refractivity contribution in [3.05, 3.63) is 112 Å². The number of imidazole rings is 1. The minimum atomic E-state index is -1.55. The zero-order valence-corrected chi connectivity index (χ0v) is 24.6. The number of ether oxygens (including phenoxy) is 3. The molecule has 1 fully saturated rings. The van der Waals surface area contributed by atoms with Crippen LogP contribution in [0.4, 0.5) is 13.2 Å². The number of ketones is 1. The molecule has 0 saturated carbocycles. The summed E-state index contributed by atoms with van der Waals surface area (Å²) >= 11 is 5.92. The standard InChI is InChI=1S/C34H26ClF3N2O4/c1-18(41)19-6-9-29-30(13-19)40(17-22-10-11-42-22)32(39-29)14-20-12-27(37)24(16-26(20)36)23-4-3-5-31-33(23)44-34(2,43-31)25-8-7-21(35)15-28(25)38/h3-9,12-13,15-16,22H,10-11,14,17H2,1-2H3/t22-,34?/m0/s1. The van der Waals surface area contributed by atoms with Crippen molar-refractivity contribution in [3.63, 3.8) is 0 Å². The maximum absolute atomic E-state index is 15.8. The zero-order valence-electron chi connectivity index (χ0n) is 23.8. The van der Waals surface area contributed by atoms with Crippen LogP contribution in [0.3, 0.4) is 0 Å².